The summed E-state index contributed by atoms with van der Waals surface area (Å²) in [6.45, 7) is 1.04. The fourth-order valence-electron chi connectivity index (χ4n) is 1.90. The molecule has 0 aliphatic rings. The van der Waals surface area contributed by atoms with Crippen LogP contribution in [-0.2, 0) is 4.74 Å². The van der Waals surface area contributed by atoms with E-state index in [9.17, 15) is 13.6 Å². The van der Waals surface area contributed by atoms with Crippen LogP contribution in [-0.4, -0.2) is 31.2 Å². The van der Waals surface area contributed by atoms with Crippen LogP contribution in [0.15, 0.2) is 36.7 Å². The smallest absolute Gasteiger partial charge is 0.252 e. The van der Waals surface area contributed by atoms with Gasteiger partial charge in [0.2, 0.25) is 0 Å². The first-order chi connectivity index (χ1) is 11.1. The van der Waals surface area contributed by atoms with Gasteiger partial charge in [-0.2, -0.15) is 0 Å². The predicted molar refractivity (Wildman–Crippen MR) is 82.7 cm³/mol. The van der Waals surface area contributed by atoms with Crippen molar-refractivity contribution in [1.82, 2.24) is 10.3 Å². The predicted octanol–water partition coefficient (Wildman–Crippen LogP) is 2.87. The summed E-state index contributed by atoms with van der Waals surface area (Å²) in [6, 6.07) is 4.75. The molecule has 1 amide bonds. The van der Waals surface area contributed by atoms with Crippen LogP contribution in [0.3, 0.4) is 0 Å². The lowest BCUT2D eigenvalue weighted by Crippen LogP contribution is -2.25. The second-order valence-corrected chi connectivity index (χ2v) is 4.81. The fraction of sp³-hybridized carbons (Fsp3) is 0.250. The van der Waals surface area contributed by atoms with Crippen molar-refractivity contribution in [3.63, 3.8) is 0 Å². The minimum absolute atomic E-state index is 0.103. The Morgan fingerprint density at radius 2 is 2.09 bits per heavy atom. The van der Waals surface area contributed by atoms with Crippen molar-refractivity contribution in [3.05, 3.63) is 53.9 Å². The van der Waals surface area contributed by atoms with Crippen LogP contribution in [0.2, 0.25) is 0 Å². The van der Waals surface area contributed by atoms with E-state index in [-0.39, 0.29) is 11.6 Å². The Hall–Kier alpha value is -2.54. The molecule has 0 aliphatic heterocycles. The molecule has 0 bridgehead atoms. The lowest BCUT2D eigenvalue weighted by Gasteiger charge is -2.09. The van der Waals surface area contributed by atoms with Crippen LogP contribution in [0.5, 0.6) is 0 Å². The summed E-state index contributed by atoms with van der Waals surface area (Å²) >= 11 is 0. The number of hydrogen-bond donors (Lipinski definition) is 2. The van der Waals surface area contributed by atoms with Gasteiger partial charge in [-0.3, -0.25) is 9.78 Å². The number of methoxy groups -OCH3 is 1. The first-order valence-electron chi connectivity index (χ1n) is 7.04. The lowest BCUT2D eigenvalue weighted by atomic mass is 10.2. The Labute approximate surface area is 132 Å². The molecular formula is C16H17F2N3O2. The molecule has 0 atom stereocenters. The highest BCUT2D eigenvalue weighted by Gasteiger charge is 2.08. The standard InChI is InChI=1S/C16H17F2N3O2/c1-23-6-2-5-20-16(22)11-7-13(10-19-9-11)21-15-4-3-12(17)8-14(15)18/h3-4,7-10,21H,2,5-6H2,1H3,(H,20,22). The summed E-state index contributed by atoms with van der Waals surface area (Å²) in [4.78, 5) is 15.9. The van der Waals surface area contributed by atoms with Crippen LogP contribution >= 0.6 is 0 Å². The summed E-state index contributed by atoms with van der Waals surface area (Å²) in [5, 5.41) is 5.50. The maximum Gasteiger partial charge on any atom is 0.252 e. The van der Waals surface area contributed by atoms with E-state index < -0.39 is 11.6 Å². The summed E-state index contributed by atoms with van der Waals surface area (Å²) in [5.74, 6) is -1.66. The normalized spacial score (nSPS) is 10.4. The Bertz CT molecular complexity index is 680. The highest BCUT2D eigenvalue weighted by atomic mass is 19.1. The molecule has 122 valence electrons. The molecule has 0 saturated carbocycles. The number of nitrogens with zero attached hydrogens (tertiary/aromatic N) is 1. The van der Waals surface area contributed by atoms with E-state index in [0.717, 1.165) is 12.1 Å². The minimum Gasteiger partial charge on any atom is -0.385 e. The third-order valence-corrected chi connectivity index (χ3v) is 3.02. The SMILES string of the molecule is COCCCNC(=O)c1cncc(Nc2ccc(F)cc2F)c1. The third kappa shape index (κ3) is 5.00. The molecule has 0 fully saturated rings. The molecule has 1 heterocycles. The number of rotatable bonds is 7. The first-order valence-corrected chi connectivity index (χ1v) is 7.04. The van der Waals surface area contributed by atoms with E-state index in [1.54, 1.807) is 13.2 Å². The lowest BCUT2D eigenvalue weighted by molar-refractivity contribution is 0.0948. The zero-order chi connectivity index (χ0) is 16.7. The number of carbonyl (C=O) groups is 1. The number of benzene rings is 1. The maximum absolute atomic E-state index is 13.6. The van der Waals surface area contributed by atoms with E-state index in [2.05, 4.69) is 15.6 Å². The van der Waals surface area contributed by atoms with E-state index in [1.807, 2.05) is 0 Å². The monoisotopic (exact) mass is 321 g/mol. The van der Waals surface area contributed by atoms with E-state index >= 15 is 0 Å². The Morgan fingerprint density at radius 1 is 1.26 bits per heavy atom. The van der Waals surface area contributed by atoms with Crippen molar-refractivity contribution in [1.29, 1.82) is 0 Å². The number of nitrogens with one attached hydrogen (secondary N) is 2. The molecule has 2 N–H and O–H groups in total. The van der Waals surface area contributed by atoms with Crippen LogP contribution in [0, 0.1) is 11.6 Å². The van der Waals surface area contributed by atoms with Gasteiger partial charge in [-0.1, -0.05) is 0 Å². The quantitative estimate of drug-likeness (QED) is 0.770. The first kappa shape index (κ1) is 16.8. The van der Waals surface area contributed by atoms with Crippen LogP contribution < -0.4 is 10.6 Å². The summed E-state index contributed by atoms with van der Waals surface area (Å²) in [7, 11) is 1.59. The van der Waals surface area contributed by atoms with Gasteiger partial charge < -0.3 is 15.4 Å². The highest BCUT2D eigenvalue weighted by Crippen LogP contribution is 2.20. The second-order valence-electron chi connectivity index (χ2n) is 4.81. The van der Waals surface area contributed by atoms with Gasteiger partial charge in [0.15, 0.2) is 0 Å². The summed E-state index contributed by atoms with van der Waals surface area (Å²) < 4.78 is 31.4. The van der Waals surface area contributed by atoms with Crippen molar-refractivity contribution in [3.8, 4) is 0 Å². The minimum atomic E-state index is -0.723. The molecule has 23 heavy (non-hydrogen) atoms. The Balaban J connectivity index is 2.03. The summed E-state index contributed by atoms with van der Waals surface area (Å²) in [6.07, 6.45) is 3.57. The molecule has 0 aliphatic carbocycles. The molecule has 2 rings (SSSR count). The van der Waals surface area contributed by atoms with E-state index in [4.69, 9.17) is 4.74 Å². The molecule has 0 unspecified atom stereocenters. The number of pyridine rings is 1. The maximum atomic E-state index is 13.6. The van der Waals surface area contributed by atoms with Gasteiger partial charge in [0.05, 0.1) is 23.1 Å². The van der Waals surface area contributed by atoms with Gasteiger partial charge in [0.1, 0.15) is 11.6 Å². The Kier molecular flexibility index (Phi) is 5.99. The van der Waals surface area contributed by atoms with E-state index in [1.165, 1.54) is 18.5 Å². The molecule has 1 aromatic carbocycles. The van der Waals surface area contributed by atoms with Gasteiger partial charge >= 0.3 is 0 Å². The summed E-state index contributed by atoms with van der Waals surface area (Å²) in [5.41, 5.74) is 0.876. The molecule has 7 heteroatoms. The van der Waals surface area contributed by atoms with Crippen molar-refractivity contribution in [2.45, 2.75) is 6.42 Å². The number of amides is 1. The molecule has 0 radical (unpaired) electrons. The zero-order valence-corrected chi connectivity index (χ0v) is 12.6. The van der Waals surface area contributed by atoms with Gasteiger partial charge in [0.25, 0.3) is 5.91 Å². The third-order valence-electron chi connectivity index (χ3n) is 3.02. The van der Waals surface area contributed by atoms with Crippen molar-refractivity contribution >= 4 is 17.3 Å². The van der Waals surface area contributed by atoms with Crippen LogP contribution in [0.25, 0.3) is 0 Å². The van der Waals surface area contributed by atoms with Crippen LogP contribution in [0.1, 0.15) is 16.8 Å². The highest BCUT2D eigenvalue weighted by molar-refractivity contribution is 5.94. The van der Waals surface area contributed by atoms with Crippen LogP contribution in [0.4, 0.5) is 20.2 Å². The van der Waals surface area contributed by atoms with Gasteiger partial charge in [-0.15, -0.1) is 0 Å². The number of hydrogen-bond acceptors (Lipinski definition) is 4. The van der Waals surface area contributed by atoms with Crippen molar-refractivity contribution in [2.24, 2.45) is 0 Å². The zero-order valence-electron chi connectivity index (χ0n) is 12.6. The Morgan fingerprint density at radius 3 is 2.83 bits per heavy atom. The molecule has 5 nitrogen and oxygen atoms in total. The average molecular weight is 321 g/mol. The topological polar surface area (TPSA) is 63.2 Å². The van der Waals surface area contributed by atoms with Crippen molar-refractivity contribution < 1.29 is 18.3 Å². The molecule has 1 aromatic heterocycles. The van der Waals surface area contributed by atoms with Gasteiger partial charge in [-0.25, -0.2) is 8.78 Å². The number of anilines is 2. The largest absolute Gasteiger partial charge is 0.385 e. The average Bonchev–Trinajstić information content (AvgIpc) is 2.54. The van der Waals surface area contributed by atoms with Gasteiger partial charge in [-0.05, 0) is 24.6 Å². The van der Waals surface area contributed by atoms with Gasteiger partial charge in [0, 0.05) is 32.5 Å². The number of carbonyl (C=O) groups excluding carboxylic acids is 1. The molecule has 2 aromatic rings. The molecular weight excluding hydrogens is 304 g/mol. The number of ether oxygens (including phenoxy) is 1. The second kappa shape index (κ2) is 8.19. The number of halogens is 2. The fourth-order valence-corrected chi connectivity index (χ4v) is 1.90. The molecule has 0 saturated heterocycles. The number of aromatic nitrogens is 1. The molecule has 0 spiro atoms. The van der Waals surface area contributed by atoms with Crippen molar-refractivity contribution in [2.75, 3.05) is 25.6 Å². The van der Waals surface area contributed by atoms with E-state index in [0.29, 0.717) is 30.8 Å².